The Kier molecular flexibility index (Phi) is 3.87. The Hall–Kier alpha value is -2.89. The first-order valence-electron chi connectivity index (χ1n) is 8.47. The minimum atomic E-state index is -0.123. The van der Waals surface area contributed by atoms with Crippen LogP contribution in [0.2, 0.25) is 0 Å². The fraction of sp³-hybridized carbons (Fsp3) is 0.316. The quantitative estimate of drug-likeness (QED) is 0.735. The third-order valence-corrected chi connectivity index (χ3v) is 4.60. The van der Waals surface area contributed by atoms with Crippen molar-refractivity contribution in [3.63, 3.8) is 0 Å². The Balaban J connectivity index is 1.74. The molecule has 0 saturated heterocycles. The first-order valence-corrected chi connectivity index (χ1v) is 8.47. The zero-order valence-corrected chi connectivity index (χ0v) is 14.3. The molecule has 25 heavy (non-hydrogen) atoms. The molecule has 1 unspecified atom stereocenters. The third-order valence-electron chi connectivity index (χ3n) is 4.60. The number of fused-ring (bicyclic) bond motifs is 1. The highest BCUT2D eigenvalue weighted by Gasteiger charge is 2.32. The van der Waals surface area contributed by atoms with E-state index < -0.39 is 0 Å². The summed E-state index contributed by atoms with van der Waals surface area (Å²) in [7, 11) is 0. The highest BCUT2D eigenvalue weighted by molar-refractivity contribution is 6.06. The summed E-state index contributed by atoms with van der Waals surface area (Å²) in [5.74, 6) is 0.605. The van der Waals surface area contributed by atoms with Crippen LogP contribution in [0.3, 0.4) is 0 Å². The molecule has 0 saturated carbocycles. The van der Waals surface area contributed by atoms with Crippen LogP contribution in [0.5, 0.6) is 0 Å². The third kappa shape index (κ3) is 2.73. The zero-order chi connectivity index (χ0) is 17.4. The molecule has 6 heteroatoms. The van der Waals surface area contributed by atoms with Gasteiger partial charge in [-0.25, -0.2) is 4.98 Å². The summed E-state index contributed by atoms with van der Waals surface area (Å²) in [4.78, 5) is 19.2. The number of benzene rings is 1. The number of hydrogen-bond acceptors (Lipinski definition) is 4. The summed E-state index contributed by atoms with van der Waals surface area (Å²) >= 11 is 0. The molecule has 2 aromatic heterocycles. The van der Waals surface area contributed by atoms with Gasteiger partial charge >= 0.3 is 0 Å². The molecule has 4 rings (SSSR count). The Bertz CT molecular complexity index is 882. The predicted molar refractivity (Wildman–Crippen MR) is 93.7 cm³/mol. The molecule has 1 aliphatic rings. The van der Waals surface area contributed by atoms with Crippen molar-refractivity contribution in [1.29, 1.82) is 0 Å². The maximum atomic E-state index is 13.2. The molecule has 128 valence electrons. The van der Waals surface area contributed by atoms with Crippen molar-refractivity contribution < 1.29 is 9.21 Å². The van der Waals surface area contributed by atoms with Crippen LogP contribution in [0.15, 0.2) is 53.5 Å². The van der Waals surface area contributed by atoms with Gasteiger partial charge in [-0.15, -0.1) is 0 Å². The average Bonchev–Trinajstić information content (AvgIpc) is 3.31. The van der Waals surface area contributed by atoms with Gasteiger partial charge in [-0.1, -0.05) is 32.0 Å². The standard InChI is InChI=1S/C19H20N4O2/c1-13(2)18-17(20-12-25-18)19(24)22-11-15(23-9-5-8-21-23)10-14-6-3-4-7-16(14)22/h3-9,12-13,15H,10-11H2,1-2H3. The highest BCUT2D eigenvalue weighted by Crippen LogP contribution is 2.33. The van der Waals surface area contributed by atoms with E-state index in [4.69, 9.17) is 4.42 Å². The molecule has 1 aliphatic heterocycles. The molecule has 1 amide bonds. The predicted octanol–water partition coefficient (Wildman–Crippen LogP) is 3.44. The zero-order valence-electron chi connectivity index (χ0n) is 14.3. The van der Waals surface area contributed by atoms with Crippen molar-refractivity contribution in [1.82, 2.24) is 14.8 Å². The van der Waals surface area contributed by atoms with Crippen molar-refractivity contribution in [3.05, 3.63) is 66.1 Å². The van der Waals surface area contributed by atoms with Crippen LogP contribution in [0.1, 0.15) is 47.6 Å². The smallest absolute Gasteiger partial charge is 0.280 e. The molecule has 0 aliphatic carbocycles. The first-order chi connectivity index (χ1) is 12.1. The molecule has 6 nitrogen and oxygen atoms in total. The van der Waals surface area contributed by atoms with Gasteiger partial charge in [-0.05, 0) is 24.1 Å². The molecule has 0 N–H and O–H groups in total. The van der Waals surface area contributed by atoms with Crippen LogP contribution in [0.4, 0.5) is 5.69 Å². The fourth-order valence-corrected chi connectivity index (χ4v) is 3.39. The van der Waals surface area contributed by atoms with Crippen LogP contribution in [-0.4, -0.2) is 27.2 Å². The van der Waals surface area contributed by atoms with Gasteiger partial charge in [0.2, 0.25) is 0 Å². The van der Waals surface area contributed by atoms with Crippen molar-refractivity contribution in [2.24, 2.45) is 0 Å². The Morgan fingerprint density at radius 2 is 2.12 bits per heavy atom. The summed E-state index contributed by atoms with van der Waals surface area (Å²) in [6.45, 7) is 4.55. The SMILES string of the molecule is CC(C)c1ocnc1C(=O)N1CC(n2cccn2)Cc2ccccc21. The lowest BCUT2D eigenvalue weighted by atomic mass is 9.97. The van der Waals surface area contributed by atoms with Crippen LogP contribution in [-0.2, 0) is 6.42 Å². The van der Waals surface area contributed by atoms with E-state index in [0.29, 0.717) is 18.0 Å². The van der Waals surface area contributed by atoms with E-state index in [1.807, 2.05) is 49.0 Å². The number of anilines is 1. The number of nitrogens with zero attached hydrogens (tertiary/aromatic N) is 4. The highest BCUT2D eigenvalue weighted by atomic mass is 16.3. The van der Waals surface area contributed by atoms with Gasteiger partial charge in [0.05, 0.1) is 6.04 Å². The van der Waals surface area contributed by atoms with E-state index in [9.17, 15) is 4.79 Å². The fourth-order valence-electron chi connectivity index (χ4n) is 3.39. The van der Waals surface area contributed by atoms with Crippen molar-refractivity contribution in [2.45, 2.75) is 32.2 Å². The summed E-state index contributed by atoms with van der Waals surface area (Å²) in [5.41, 5.74) is 2.47. The molecule has 0 spiro atoms. The van der Waals surface area contributed by atoms with Gasteiger partial charge in [0.15, 0.2) is 12.1 Å². The number of para-hydroxylation sites is 1. The second kappa shape index (κ2) is 6.20. The van der Waals surface area contributed by atoms with E-state index in [0.717, 1.165) is 17.7 Å². The van der Waals surface area contributed by atoms with Gasteiger partial charge in [0.25, 0.3) is 5.91 Å². The minimum absolute atomic E-state index is 0.100. The van der Waals surface area contributed by atoms with Gasteiger partial charge < -0.3 is 9.32 Å². The van der Waals surface area contributed by atoms with Crippen LogP contribution >= 0.6 is 0 Å². The second-order valence-electron chi connectivity index (χ2n) is 6.61. The second-order valence-corrected chi connectivity index (χ2v) is 6.61. The molecular weight excluding hydrogens is 316 g/mol. The van der Waals surface area contributed by atoms with Gasteiger partial charge in [0.1, 0.15) is 5.76 Å². The normalized spacial score (nSPS) is 16.9. The van der Waals surface area contributed by atoms with E-state index >= 15 is 0 Å². The molecule has 3 heterocycles. The summed E-state index contributed by atoms with van der Waals surface area (Å²) in [6.07, 6.45) is 5.90. The van der Waals surface area contributed by atoms with E-state index in [2.05, 4.69) is 16.1 Å². The Morgan fingerprint density at radius 3 is 2.88 bits per heavy atom. The first kappa shape index (κ1) is 15.6. The number of rotatable bonds is 3. The number of carbonyl (C=O) groups is 1. The van der Waals surface area contributed by atoms with Crippen LogP contribution < -0.4 is 4.90 Å². The van der Waals surface area contributed by atoms with Crippen molar-refractivity contribution in [3.8, 4) is 0 Å². The average molecular weight is 336 g/mol. The minimum Gasteiger partial charge on any atom is -0.447 e. The number of amides is 1. The molecule has 3 aromatic rings. The summed E-state index contributed by atoms with van der Waals surface area (Å²) in [6, 6.07) is 10.0. The monoisotopic (exact) mass is 336 g/mol. The van der Waals surface area contributed by atoms with Crippen molar-refractivity contribution >= 4 is 11.6 Å². The molecule has 1 atom stereocenters. The number of carbonyl (C=O) groups excluding carboxylic acids is 1. The summed E-state index contributed by atoms with van der Waals surface area (Å²) < 4.78 is 7.37. The molecule has 0 radical (unpaired) electrons. The Labute approximate surface area is 146 Å². The molecule has 0 bridgehead atoms. The molecule has 0 fully saturated rings. The maximum absolute atomic E-state index is 13.2. The Morgan fingerprint density at radius 1 is 1.28 bits per heavy atom. The van der Waals surface area contributed by atoms with Gasteiger partial charge in [-0.3, -0.25) is 9.48 Å². The van der Waals surface area contributed by atoms with E-state index in [1.54, 1.807) is 11.1 Å². The number of oxazole rings is 1. The topological polar surface area (TPSA) is 64.2 Å². The lowest BCUT2D eigenvalue weighted by Gasteiger charge is -2.34. The largest absolute Gasteiger partial charge is 0.447 e. The lowest BCUT2D eigenvalue weighted by Crippen LogP contribution is -2.41. The van der Waals surface area contributed by atoms with Crippen LogP contribution in [0, 0.1) is 0 Å². The number of aromatic nitrogens is 3. The molecule has 1 aromatic carbocycles. The molecular formula is C19H20N4O2. The van der Waals surface area contributed by atoms with E-state index in [-0.39, 0.29) is 17.9 Å². The summed E-state index contributed by atoms with van der Waals surface area (Å²) in [5, 5.41) is 4.36. The number of hydrogen-bond donors (Lipinski definition) is 0. The lowest BCUT2D eigenvalue weighted by molar-refractivity contribution is 0.0973. The maximum Gasteiger partial charge on any atom is 0.280 e. The van der Waals surface area contributed by atoms with E-state index in [1.165, 1.54) is 6.39 Å². The van der Waals surface area contributed by atoms with Gasteiger partial charge in [-0.2, -0.15) is 5.10 Å². The van der Waals surface area contributed by atoms with Crippen LogP contribution in [0.25, 0.3) is 0 Å². The van der Waals surface area contributed by atoms with Gasteiger partial charge in [0, 0.05) is 30.5 Å². The van der Waals surface area contributed by atoms with Crippen molar-refractivity contribution in [2.75, 3.05) is 11.4 Å².